The van der Waals surface area contributed by atoms with E-state index in [0.29, 0.717) is 6.07 Å². The Labute approximate surface area is 114 Å². The molecule has 1 aromatic carbocycles. The van der Waals surface area contributed by atoms with Crippen molar-refractivity contribution in [2.45, 2.75) is 12.4 Å². The van der Waals surface area contributed by atoms with Gasteiger partial charge in [-0.3, -0.25) is 4.79 Å². The van der Waals surface area contributed by atoms with Crippen LogP contribution in [-0.4, -0.2) is 12.1 Å². The Kier molecular flexibility index (Phi) is 4.32. The summed E-state index contributed by atoms with van der Waals surface area (Å²) >= 11 is 0. The van der Waals surface area contributed by atoms with Gasteiger partial charge in [0.1, 0.15) is 5.57 Å². The largest absolute Gasteiger partial charge is 0.421 e. The normalized spacial score (nSPS) is 11.7. The SMILES string of the molecule is [C-]#[N+]c1ccc(NC(=O)C(=C)C(F)(F)F)cc1C(F)(F)F. The average molecular weight is 308 g/mol. The Morgan fingerprint density at radius 2 is 1.76 bits per heavy atom. The molecule has 0 aliphatic rings. The lowest BCUT2D eigenvalue weighted by molar-refractivity contribution is -0.137. The van der Waals surface area contributed by atoms with Crippen molar-refractivity contribution in [1.82, 2.24) is 0 Å². The lowest BCUT2D eigenvalue weighted by Crippen LogP contribution is -2.24. The average Bonchev–Trinajstić information content (AvgIpc) is 2.35. The molecule has 3 nitrogen and oxygen atoms in total. The second-order valence-corrected chi connectivity index (χ2v) is 3.77. The highest BCUT2D eigenvalue weighted by molar-refractivity contribution is 6.04. The fourth-order valence-corrected chi connectivity index (χ4v) is 1.27. The highest BCUT2D eigenvalue weighted by Crippen LogP contribution is 2.38. The van der Waals surface area contributed by atoms with Crippen molar-refractivity contribution in [1.29, 1.82) is 0 Å². The first-order valence-corrected chi connectivity index (χ1v) is 5.13. The van der Waals surface area contributed by atoms with Gasteiger partial charge < -0.3 is 5.32 Å². The molecule has 9 heteroatoms. The lowest BCUT2D eigenvalue weighted by Gasteiger charge is -2.13. The van der Waals surface area contributed by atoms with Crippen LogP contribution in [0.2, 0.25) is 0 Å². The number of alkyl halides is 6. The highest BCUT2D eigenvalue weighted by atomic mass is 19.4. The summed E-state index contributed by atoms with van der Waals surface area (Å²) in [6.45, 7) is 9.12. The Bertz CT molecular complexity index is 624. The topological polar surface area (TPSA) is 33.5 Å². The van der Waals surface area contributed by atoms with Crippen molar-refractivity contribution in [2.24, 2.45) is 0 Å². The van der Waals surface area contributed by atoms with Gasteiger partial charge in [-0.25, -0.2) is 4.85 Å². The van der Waals surface area contributed by atoms with Crippen LogP contribution in [0.15, 0.2) is 30.4 Å². The summed E-state index contributed by atoms with van der Waals surface area (Å²) in [6.07, 6.45) is -9.87. The third-order valence-corrected chi connectivity index (χ3v) is 2.30. The molecular weight excluding hydrogens is 302 g/mol. The zero-order valence-corrected chi connectivity index (χ0v) is 10.1. The number of nitrogens with zero attached hydrogens (tertiary/aromatic N) is 1. The monoisotopic (exact) mass is 308 g/mol. The van der Waals surface area contributed by atoms with E-state index >= 15 is 0 Å². The summed E-state index contributed by atoms with van der Waals surface area (Å²) in [4.78, 5) is 13.9. The van der Waals surface area contributed by atoms with Gasteiger partial charge in [-0.05, 0) is 12.1 Å². The third-order valence-electron chi connectivity index (χ3n) is 2.30. The number of halogens is 6. The van der Waals surface area contributed by atoms with Gasteiger partial charge >= 0.3 is 12.4 Å². The highest BCUT2D eigenvalue weighted by Gasteiger charge is 2.37. The fourth-order valence-electron chi connectivity index (χ4n) is 1.27. The van der Waals surface area contributed by atoms with Crippen LogP contribution in [0.4, 0.5) is 37.7 Å². The van der Waals surface area contributed by atoms with E-state index in [2.05, 4.69) is 11.4 Å². The molecule has 0 fully saturated rings. The molecular formula is C12H6F6N2O. The molecule has 0 heterocycles. The number of hydrogen-bond donors (Lipinski definition) is 1. The molecule has 0 atom stereocenters. The summed E-state index contributed by atoms with van der Waals surface area (Å²) in [7, 11) is 0. The van der Waals surface area contributed by atoms with Crippen molar-refractivity contribution in [3.63, 3.8) is 0 Å². The summed E-state index contributed by atoms with van der Waals surface area (Å²) < 4.78 is 74.6. The number of carbonyl (C=O) groups is 1. The van der Waals surface area contributed by atoms with Gasteiger partial charge in [0.25, 0.3) is 5.91 Å². The molecule has 0 radical (unpaired) electrons. The first kappa shape index (κ1) is 16.6. The van der Waals surface area contributed by atoms with Gasteiger partial charge in [0.15, 0.2) is 5.69 Å². The van der Waals surface area contributed by atoms with Crippen LogP contribution in [0.3, 0.4) is 0 Å². The Morgan fingerprint density at radius 1 is 1.19 bits per heavy atom. The molecule has 1 amide bonds. The number of amides is 1. The van der Waals surface area contributed by atoms with Crippen molar-refractivity contribution in [3.8, 4) is 0 Å². The van der Waals surface area contributed by atoms with E-state index < -0.39 is 40.8 Å². The number of hydrogen-bond acceptors (Lipinski definition) is 1. The maximum Gasteiger partial charge on any atom is 0.421 e. The minimum Gasteiger partial charge on any atom is -0.322 e. The van der Waals surface area contributed by atoms with E-state index in [1.54, 1.807) is 5.32 Å². The van der Waals surface area contributed by atoms with E-state index in [9.17, 15) is 31.1 Å². The quantitative estimate of drug-likeness (QED) is 0.493. The maximum absolute atomic E-state index is 12.6. The van der Waals surface area contributed by atoms with Gasteiger partial charge in [-0.2, -0.15) is 26.3 Å². The minimum atomic E-state index is -4.99. The van der Waals surface area contributed by atoms with Gasteiger partial charge in [-0.15, -0.1) is 0 Å². The summed E-state index contributed by atoms with van der Waals surface area (Å²) in [5.41, 5.74) is -4.35. The van der Waals surface area contributed by atoms with Gasteiger partial charge in [-0.1, -0.05) is 12.6 Å². The molecule has 0 aliphatic carbocycles. The van der Waals surface area contributed by atoms with Crippen molar-refractivity contribution < 1.29 is 31.1 Å². The Balaban J connectivity index is 3.10. The first-order chi connectivity index (χ1) is 9.46. The van der Waals surface area contributed by atoms with E-state index in [0.717, 1.165) is 12.1 Å². The molecule has 1 N–H and O–H groups in total. The van der Waals surface area contributed by atoms with Crippen LogP contribution in [0, 0.1) is 6.57 Å². The molecule has 21 heavy (non-hydrogen) atoms. The maximum atomic E-state index is 12.6. The van der Waals surface area contributed by atoms with Crippen molar-refractivity contribution in [2.75, 3.05) is 5.32 Å². The number of benzene rings is 1. The van der Waals surface area contributed by atoms with Gasteiger partial charge in [0.2, 0.25) is 0 Å². The Hall–Kier alpha value is -2.50. The third kappa shape index (κ3) is 3.98. The predicted octanol–water partition coefficient (Wildman–Crippen LogP) is 4.31. The molecule has 0 unspecified atom stereocenters. The van der Waals surface area contributed by atoms with E-state index in [1.807, 2.05) is 0 Å². The molecule has 1 rings (SSSR count). The van der Waals surface area contributed by atoms with Crippen LogP contribution >= 0.6 is 0 Å². The molecule has 0 aromatic heterocycles. The standard InChI is InChI=1S/C12H6F6N2O/c1-6(11(13,14)15)10(21)20-7-3-4-9(19-2)8(5-7)12(16,17)18/h3-5H,1H2,(H,20,21). The van der Waals surface area contributed by atoms with Crippen molar-refractivity contribution >= 4 is 17.3 Å². The Morgan fingerprint density at radius 3 is 2.19 bits per heavy atom. The van der Waals surface area contributed by atoms with E-state index in [1.165, 1.54) is 0 Å². The minimum absolute atomic E-state index is 0.384. The summed E-state index contributed by atoms with van der Waals surface area (Å²) in [5, 5.41) is 1.65. The molecule has 112 valence electrons. The van der Waals surface area contributed by atoms with Crippen molar-refractivity contribution in [3.05, 3.63) is 47.3 Å². The van der Waals surface area contributed by atoms with Crippen LogP contribution in [0.1, 0.15) is 5.56 Å². The molecule has 0 spiro atoms. The molecule has 0 saturated carbocycles. The summed E-state index contributed by atoms with van der Waals surface area (Å²) in [5.74, 6) is -1.67. The number of carbonyl (C=O) groups excluding carboxylic acids is 1. The smallest absolute Gasteiger partial charge is 0.322 e. The van der Waals surface area contributed by atoms with Gasteiger partial charge in [0, 0.05) is 5.69 Å². The zero-order chi connectivity index (χ0) is 16.4. The molecule has 0 bridgehead atoms. The zero-order valence-electron chi connectivity index (χ0n) is 10.1. The number of anilines is 1. The predicted molar refractivity (Wildman–Crippen MR) is 61.5 cm³/mol. The lowest BCUT2D eigenvalue weighted by atomic mass is 10.1. The second kappa shape index (κ2) is 5.47. The molecule has 0 aliphatic heterocycles. The second-order valence-electron chi connectivity index (χ2n) is 3.77. The first-order valence-electron chi connectivity index (χ1n) is 5.13. The van der Waals surface area contributed by atoms with Crippen LogP contribution < -0.4 is 5.32 Å². The fraction of sp³-hybridized carbons (Fsp3) is 0.167. The van der Waals surface area contributed by atoms with Gasteiger partial charge in [0.05, 0.1) is 12.1 Å². The molecule has 1 aromatic rings. The number of nitrogens with one attached hydrogen (secondary N) is 1. The number of rotatable bonds is 2. The van der Waals surface area contributed by atoms with Crippen LogP contribution in [-0.2, 0) is 11.0 Å². The van der Waals surface area contributed by atoms with Crippen LogP contribution in [0.25, 0.3) is 4.85 Å². The van der Waals surface area contributed by atoms with E-state index in [-0.39, 0.29) is 0 Å². The summed E-state index contributed by atoms with van der Waals surface area (Å²) in [6, 6.07) is 2.03. The van der Waals surface area contributed by atoms with E-state index in [4.69, 9.17) is 6.57 Å². The molecule has 0 saturated heterocycles. The van der Waals surface area contributed by atoms with Crippen LogP contribution in [0.5, 0.6) is 0 Å².